The Morgan fingerprint density at radius 3 is 2.26 bits per heavy atom. The number of anilines is 1. The van der Waals surface area contributed by atoms with Crippen LogP contribution >= 0.6 is 0 Å². The summed E-state index contributed by atoms with van der Waals surface area (Å²) in [6.07, 6.45) is 4.06. The van der Waals surface area contributed by atoms with Gasteiger partial charge in [0, 0.05) is 42.4 Å². The number of ketones is 1. The molecule has 2 N–H and O–H groups in total. The van der Waals surface area contributed by atoms with E-state index in [9.17, 15) is 14.4 Å². The minimum absolute atomic E-state index is 0.0111. The van der Waals surface area contributed by atoms with Crippen LogP contribution in [0.5, 0.6) is 0 Å². The minimum atomic E-state index is -0.105. The van der Waals surface area contributed by atoms with Gasteiger partial charge in [-0.15, -0.1) is 0 Å². The van der Waals surface area contributed by atoms with E-state index in [2.05, 4.69) is 15.5 Å². The van der Waals surface area contributed by atoms with Crippen molar-refractivity contribution in [2.24, 2.45) is 0 Å². The maximum Gasteiger partial charge on any atom is 0.251 e. The Balaban J connectivity index is 1.34. The fourth-order valence-electron chi connectivity index (χ4n) is 3.62. The molecule has 1 heterocycles. The highest BCUT2D eigenvalue weighted by atomic mass is 16.3. The third-order valence-corrected chi connectivity index (χ3v) is 5.72. The number of carbonyl (C=O) groups excluding carboxylic acids is 3. The van der Waals surface area contributed by atoms with Gasteiger partial charge < -0.3 is 15.1 Å². The molecule has 2 aromatic carbocycles. The van der Waals surface area contributed by atoms with Crippen molar-refractivity contribution in [1.82, 2.24) is 10.2 Å². The van der Waals surface area contributed by atoms with Gasteiger partial charge in [0.05, 0.1) is 12.8 Å². The monoisotopic (exact) mass is 459 g/mol. The smallest absolute Gasteiger partial charge is 0.251 e. The van der Waals surface area contributed by atoms with E-state index in [0.717, 1.165) is 24.2 Å². The second kappa shape index (κ2) is 10.9. The van der Waals surface area contributed by atoms with Crippen LogP contribution in [0.15, 0.2) is 71.3 Å². The summed E-state index contributed by atoms with van der Waals surface area (Å²) in [5.74, 6) is 0.672. The number of amides is 2. The number of hydrogen-bond donors (Lipinski definition) is 2. The standard InChI is InChI=1S/C27H29N3O4/c1-19(31)21-8-10-23(11-9-21)28-26(32)14-15-30(18-25-3-2-16-34-25)17-20-4-6-22(7-5-20)27(33)29-24-12-13-24/h2-11,16,24H,12-15,17-18H2,1H3,(H,28,32)(H,29,33). The number of Topliss-reactive ketones (excluding diaryl/α,β-unsaturated/α-hetero) is 1. The lowest BCUT2D eigenvalue weighted by Crippen LogP contribution is -2.27. The van der Waals surface area contributed by atoms with Crippen molar-refractivity contribution in [1.29, 1.82) is 0 Å². The molecule has 0 unspecified atom stereocenters. The lowest BCUT2D eigenvalue weighted by atomic mass is 10.1. The Labute approximate surface area is 199 Å². The van der Waals surface area contributed by atoms with Gasteiger partial charge in [-0.3, -0.25) is 19.3 Å². The second-order valence-electron chi connectivity index (χ2n) is 8.67. The van der Waals surface area contributed by atoms with Gasteiger partial charge in [-0.1, -0.05) is 12.1 Å². The van der Waals surface area contributed by atoms with Crippen molar-refractivity contribution in [2.45, 2.75) is 45.3 Å². The maximum atomic E-state index is 12.5. The summed E-state index contributed by atoms with van der Waals surface area (Å²) in [5, 5.41) is 5.88. The first-order valence-corrected chi connectivity index (χ1v) is 11.5. The van der Waals surface area contributed by atoms with Gasteiger partial charge in [-0.2, -0.15) is 0 Å². The van der Waals surface area contributed by atoms with Crippen molar-refractivity contribution >= 4 is 23.3 Å². The summed E-state index contributed by atoms with van der Waals surface area (Å²) in [5.41, 5.74) is 2.98. The van der Waals surface area contributed by atoms with E-state index in [1.807, 2.05) is 36.4 Å². The molecule has 1 aromatic heterocycles. The Kier molecular flexibility index (Phi) is 7.54. The average Bonchev–Trinajstić information content (AvgIpc) is 3.49. The van der Waals surface area contributed by atoms with Gasteiger partial charge in [-0.05, 0) is 73.9 Å². The van der Waals surface area contributed by atoms with E-state index in [1.54, 1.807) is 30.5 Å². The summed E-state index contributed by atoms with van der Waals surface area (Å²) in [7, 11) is 0. The SMILES string of the molecule is CC(=O)c1ccc(NC(=O)CCN(Cc2ccc(C(=O)NC3CC3)cc2)Cc2ccco2)cc1. The molecule has 3 aromatic rings. The van der Waals surface area contributed by atoms with Gasteiger partial charge in [-0.25, -0.2) is 0 Å². The lowest BCUT2D eigenvalue weighted by Gasteiger charge is -2.21. The summed E-state index contributed by atoms with van der Waals surface area (Å²) in [6, 6.07) is 18.5. The molecule has 0 saturated heterocycles. The van der Waals surface area contributed by atoms with E-state index in [4.69, 9.17) is 4.42 Å². The number of rotatable bonds is 11. The molecule has 7 heteroatoms. The average molecular weight is 460 g/mol. The molecule has 1 aliphatic rings. The predicted octanol–water partition coefficient (Wildman–Crippen LogP) is 4.41. The molecule has 0 spiro atoms. The van der Waals surface area contributed by atoms with Gasteiger partial charge in [0.15, 0.2) is 5.78 Å². The molecule has 0 aliphatic heterocycles. The number of carbonyl (C=O) groups is 3. The normalized spacial score (nSPS) is 13.0. The molecule has 7 nitrogen and oxygen atoms in total. The maximum absolute atomic E-state index is 12.5. The quantitative estimate of drug-likeness (QED) is 0.415. The number of nitrogens with one attached hydrogen (secondary N) is 2. The predicted molar refractivity (Wildman–Crippen MR) is 129 cm³/mol. The zero-order valence-electron chi connectivity index (χ0n) is 19.3. The van der Waals surface area contributed by atoms with E-state index in [1.165, 1.54) is 6.92 Å². The summed E-state index contributed by atoms with van der Waals surface area (Å²) in [6.45, 7) is 3.23. The fraction of sp³-hybridized carbons (Fsp3) is 0.296. The highest BCUT2D eigenvalue weighted by Crippen LogP contribution is 2.20. The minimum Gasteiger partial charge on any atom is -0.468 e. The lowest BCUT2D eigenvalue weighted by molar-refractivity contribution is -0.116. The van der Waals surface area contributed by atoms with Crippen molar-refractivity contribution in [3.8, 4) is 0 Å². The summed E-state index contributed by atoms with van der Waals surface area (Å²) in [4.78, 5) is 38.3. The van der Waals surface area contributed by atoms with Crippen LogP contribution in [-0.4, -0.2) is 35.1 Å². The first-order valence-electron chi connectivity index (χ1n) is 11.5. The zero-order chi connectivity index (χ0) is 23.9. The molecule has 0 radical (unpaired) electrons. The van der Waals surface area contributed by atoms with Gasteiger partial charge in [0.25, 0.3) is 5.91 Å². The first kappa shape index (κ1) is 23.4. The first-order chi connectivity index (χ1) is 16.5. The van der Waals surface area contributed by atoms with Crippen molar-refractivity contribution in [3.63, 3.8) is 0 Å². The Hall–Kier alpha value is -3.71. The van der Waals surface area contributed by atoms with E-state index in [-0.39, 0.29) is 17.6 Å². The van der Waals surface area contributed by atoms with Crippen molar-refractivity contribution in [2.75, 3.05) is 11.9 Å². The van der Waals surface area contributed by atoms with Crippen LogP contribution in [-0.2, 0) is 17.9 Å². The van der Waals surface area contributed by atoms with Crippen LogP contribution in [0.25, 0.3) is 0 Å². The number of hydrogen-bond acceptors (Lipinski definition) is 5. The third kappa shape index (κ3) is 6.89. The van der Waals surface area contributed by atoms with Crippen molar-refractivity contribution in [3.05, 3.63) is 89.4 Å². The number of nitrogens with zero attached hydrogens (tertiary/aromatic N) is 1. The van der Waals surface area contributed by atoms with Crippen LogP contribution < -0.4 is 10.6 Å². The fourth-order valence-corrected chi connectivity index (χ4v) is 3.62. The molecule has 1 fully saturated rings. The molecule has 0 bridgehead atoms. The number of benzene rings is 2. The van der Waals surface area contributed by atoms with E-state index in [0.29, 0.717) is 48.9 Å². The van der Waals surface area contributed by atoms with Crippen LogP contribution in [0.1, 0.15) is 58.2 Å². The van der Waals surface area contributed by atoms with Gasteiger partial charge in [0.2, 0.25) is 5.91 Å². The Morgan fingerprint density at radius 2 is 1.65 bits per heavy atom. The molecule has 0 atom stereocenters. The van der Waals surface area contributed by atoms with E-state index < -0.39 is 0 Å². The topological polar surface area (TPSA) is 91.7 Å². The molecule has 4 rings (SSSR count). The van der Waals surface area contributed by atoms with E-state index >= 15 is 0 Å². The Bertz CT molecular complexity index is 1120. The highest BCUT2D eigenvalue weighted by molar-refractivity contribution is 5.96. The second-order valence-corrected chi connectivity index (χ2v) is 8.67. The molecule has 34 heavy (non-hydrogen) atoms. The largest absolute Gasteiger partial charge is 0.468 e. The molecule has 1 aliphatic carbocycles. The molecular formula is C27H29N3O4. The summed E-state index contributed by atoms with van der Waals surface area (Å²) < 4.78 is 5.51. The third-order valence-electron chi connectivity index (χ3n) is 5.72. The Morgan fingerprint density at radius 1 is 0.941 bits per heavy atom. The van der Waals surface area contributed by atoms with Crippen molar-refractivity contribution < 1.29 is 18.8 Å². The van der Waals surface area contributed by atoms with Gasteiger partial charge >= 0.3 is 0 Å². The van der Waals surface area contributed by atoms with Gasteiger partial charge in [0.1, 0.15) is 5.76 Å². The molecule has 176 valence electrons. The van der Waals surface area contributed by atoms with Crippen LogP contribution in [0, 0.1) is 0 Å². The number of furan rings is 1. The van der Waals surface area contributed by atoms with Crippen LogP contribution in [0.3, 0.4) is 0 Å². The molecule has 2 amide bonds. The van der Waals surface area contributed by atoms with Crippen LogP contribution in [0.2, 0.25) is 0 Å². The molecular weight excluding hydrogens is 430 g/mol. The molecule has 1 saturated carbocycles. The summed E-state index contributed by atoms with van der Waals surface area (Å²) >= 11 is 0. The zero-order valence-corrected chi connectivity index (χ0v) is 19.3. The highest BCUT2D eigenvalue weighted by Gasteiger charge is 2.23. The van der Waals surface area contributed by atoms with Crippen LogP contribution in [0.4, 0.5) is 5.69 Å².